The highest BCUT2D eigenvalue weighted by molar-refractivity contribution is 5.94. The molecule has 276 valence electrons. The zero-order chi connectivity index (χ0) is 36.3. The van der Waals surface area contributed by atoms with E-state index in [1.165, 1.54) is 19.1 Å². The molecule has 3 saturated heterocycles. The van der Waals surface area contributed by atoms with Crippen LogP contribution in [0.15, 0.2) is 12.1 Å². The third-order valence-corrected chi connectivity index (χ3v) is 9.72. The van der Waals surface area contributed by atoms with Crippen molar-refractivity contribution in [2.75, 3.05) is 52.5 Å². The Labute approximate surface area is 287 Å². The monoisotopic (exact) mass is 694 g/mol. The van der Waals surface area contributed by atoms with E-state index < -0.39 is 78.3 Å². The van der Waals surface area contributed by atoms with Crippen LogP contribution >= 0.6 is 0 Å². The van der Waals surface area contributed by atoms with E-state index in [4.69, 9.17) is 14.2 Å². The number of hydrogen-bond donors (Lipinski definition) is 7. The third-order valence-electron chi connectivity index (χ3n) is 9.72. The van der Waals surface area contributed by atoms with Crippen LogP contribution in [0.25, 0.3) is 0 Å². The smallest absolute Gasteiger partial charge is 0.410 e. The first-order valence-electron chi connectivity index (χ1n) is 16.9. The molecular formula is C34H54N4O11. The van der Waals surface area contributed by atoms with Gasteiger partial charge in [0.2, 0.25) is 5.91 Å². The number of carbonyl (C=O) groups is 3. The highest BCUT2D eigenvalue weighted by atomic mass is 16.6. The number of benzene rings is 1. The molecule has 7 atom stereocenters. The summed E-state index contributed by atoms with van der Waals surface area (Å²) in [5, 5.41) is 59.5. The Balaban J connectivity index is 1.47. The largest absolute Gasteiger partial charge is 0.507 e. The van der Waals surface area contributed by atoms with Crippen molar-refractivity contribution in [2.24, 2.45) is 0 Å². The van der Waals surface area contributed by atoms with Gasteiger partial charge in [0.25, 0.3) is 5.91 Å². The van der Waals surface area contributed by atoms with E-state index in [9.17, 15) is 39.9 Å². The van der Waals surface area contributed by atoms with Crippen LogP contribution in [-0.4, -0.2) is 153 Å². The zero-order valence-corrected chi connectivity index (χ0v) is 29.4. The quantitative estimate of drug-likeness (QED) is 0.172. The van der Waals surface area contributed by atoms with Gasteiger partial charge >= 0.3 is 6.09 Å². The van der Waals surface area contributed by atoms with Crippen LogP contribution in [-0.2, 0) is 19.0 Å². The van der Waals surface area contributed by atoms with Crippen molar-refractivity contribution in [2.45, 2.75) is 108 Å². The van der Waals surface area contributed by atoms with E-state index in [0.717, 1.165) is 0 Å². The van der Waals surface area contributed by atoms with Crippen LogP contribution in [0, 0.1) is 13.8 Å². The lowest BCUT2D eigenvalue weighted by molar-refractivity contribution is -0.233. The number of aliphatic hydroxyl groups is 4. The average Bonchev–Trinajstić information content (AvgIpc) is 3.46. The second-order valence-electron chi connectivity index (χ2n) is 14.8. The van der Waals surface area contributed by atoms with Crippen molar-refractivity contribution in [1.29, 1.82) is 0 Å². The highest BCUT2D eigenvalue weighted by Gasteiger charge is 2.52. The van der Waals surface area contributed by atoms with Gasteiger partial charge in [-0.2, -0.15) is 0 Å². The Morgan fingerprint density at radius 1 is 1.14 bits per heavy atom. The summed E-state index contributed by atoms with van der Waals surface area (Å²) in [5.74, 6) is -0.957. The molecular weight excluding hydrogens is 640 g/mol. The maximum absolute atomic E-state index is 12.8. The van der Waals surface area contributed by atoms with Gasteiger partial charge in [-0.15, -0.1) is 0 Å². The highest BCUT2D eigenvalue weighted by Crippen LogP contribution is 2.37. The van der Waals surface area contributed by atoms with E-state index >= 15 is 0 Å². The number of phenols is 1. The van der Waals surface area contributed by atoms with Crippen molar-refractivity contribution < 1.29 is 54.1 Å². The molecule has 3 aliphatic rings. The fourth-order valence-corrected chi connectivity index (χ4v) is 7.07. The molecule has 1 aromatic carbocycles. The summed E-state index contributed by atoms with van der Waals surface area (Å²) in [5.41, 5.74) is -1.21. The molecule has 7 N–H and O–H groups in total. The predicted octanol–water partition coefficient (Wildman–Crippen LogP) is -0.0519. The number of likely N-dealkylation sites (tertiary alicyclic amines) is 1. The van der Waals surface area contributed by atoms with E-state index in [2.05, 4.69) is 15.5 Å². The van der Waals surface area contributed by atoms with Gasteiger partial charge in [-0.25, -0.2) is 4.79 Å². The molecule has 49 heavy (non-hydrogen) atoms. The number of amides is 3. The summed E-state index contributed by atoms with van der Waals surface area (Å²) in [6.07, 6.45) is -5.46. The van der Waals surface area contributed by atoms with Crippen LogP contribution in [0.3, 0.4) is 0 Å². The molecule has 1 aromatic rings. The molecule has 0 aliphatic carbocycles. The predicted molar refractivity (Wildman–Crippen MR) is 177 cm³/mol. The van der Waals surface area contributed by atoms with Crippen LogP contribution < -0.4 is 10.6 Å². The SMILES string of the molecule is CC(=O)N[C@H]1[C@H]([C@H](O)[C@H](O)CNC(=O)c2cc(C)c(O)c(C)c2)O[C@](CO)(CCN2CCOC[C@@]23CCN(C(=O)OC(C)(C)C)C3)C[C@@H]1O. The Morgan fingerprint density at radius 2 is 1.82 bits per heavy atom. The van der Waals surface area contributed by atoms with Gasteiger partial charge in [0, 0.05) is 51.6 Å². The van der Waals surface area contributed by atoms with Crippen LogP contribution in [0.5, 0.6) is 5.75 Å². The molecule has 0 bridgehead atoms. The second-order valence-corrected chi connectivity index (χ2v) is 14.8. The normalized spacial score (nSPS) is 29.0. The summed E-state index contributed by atoms with van der Waals surface area (Å²) >= 11 is 0. The lowest BCUT2D eigenvalue weighted by Crippen LogP contribution is -2.67. The summed E-state index contributed by atoms with van der Waals surface area (Å²) in [6.45, 7) is 11.8. The van der Waals surface area contributed by atoms with Gasteiger partial charge in [0.15, 0.2) is 0 Å². The van der Waals surface area contributed by atoms with Crippen LogP contribution in [0.4, 0.5) is 4.79 Å². The molecule has 0 aromatic heterocycles. The number of morpholine rings is 1. The van der Waals surface area contributed by atoms with Gasteiger partial charge in [-0.3, -0.25) is 14.5 Å². The number of aryl methyl sites for hydroxylation is 2. The van der Waals surface area contributed by atoms with Crippen molar-refractivity contribution in [3.05, 3.63) is 28.8 Å². The fourth-order valence-electron chi connectivity index (χ4n) is 7.07. The lowest BCUT2D eigenvalue weighted by atomic mass is 9.81. The van der Waals surface area contributed by atoms with E-state index in [1.54, 1.807) is 18.7 Å². The standard InChI is InChI=1S/C34H54N4O11/c1-20-13-23(14-21(2)27(20)43)30(45)35-16-25(42)28(44)29-26(36-22(3)40)24(41)15-34(18-39,48-29)8-10-38-11-12-47-19-33(38)7-9-37(17-33)31(46)49-32(4,5)6/h13-14,24-26,28-29,39,41-44H,7-12,15-19H2,1-6H3,(H,35,45)(H,36,40)/t24-,25+,26+,28+,29+,33-,34+/m0/s1. The zero-order valence-electron chi connectivity index (χ0n) is 29.4. The van der Waals surface area contributed by atoms with Gasteiger partial charge in [-0.1, -0.05) is 0 Å². The first-order valence-corrected chi connectivity index (χ1v) is 16.9. The van der Waals surface area contributed by atoms with E-state index in [1.807, 2.05) is 20.8 Å². The Hall–Kier alpha value is -3.05. The van der Waals surface area contributed by atoms with E-state index in [0.29, 0.717) is 56.9 Å². The number of carbonyl (C=O) groups excluding carboxylic acids is 3. The number of aliphatic hydroxyl groups excluding tert-OH is 4. The van der Waals surface area contributed by atoms with E-state index in [-0.39, 0.29) is 24.2 Å². The molecule has 3 amide bonds. The molecule has 3 aliphatic heterocycles. The fraction of sp³-hybridized carbons (Fsp3) is 0.735. The minimum absolute atomic E-state index is 0.0641. The third kappa shape index (κ3) is 9.20. The topological polar surface area (TPSA) is 211 Å². The first-order chi connectivity index (χ1) is 22.9. The number of nitrogens with zero attached hydrogens (tertiary/aromatic N) is 2. The molecule has 4 rings (SSSR count). The maximum Gasteiger partial charge on any atom is 0.410 e. The minimum Gasteiger partial charge on any atom is -0.507 e. The van der Waals surface area contributed by atoms with Gasteiger partial charge in [0.05, 0.1) is 49.2 Å². The molecule has 3 heterocycles. The molecule has 15 heteroatoms. The number of aromatic hydroxyl groups is 1. The van der Waals surface area contributed by atoms with Gasteiger partial charge in [-0.05, 0) is 70.7 Å². The van der Waals surface area contributed by atoms with Crippen molar-refractivity contribution in [3.8, 4) is 5.75 Å². The minimum atomic E-state index is -1.69. The summed E-state index contributed by atoms with van der Waals surface area (Å²) in [4.78, 5) is 41.7. The number of nitrogens with one attached hydrogen (secondary N) is 2. The average molecular weight is 695 g/mol. The molecule has 0 unspecified atom stereocenters. The van der Waals surface area contributed by atoms with Crippen molar-refractivity contribution in [1.82, 2.24) is 20.4 Å². The number of phenolic OH excluding ortho intramolecular Hbond substituents is 1. The number of rotatable bonds is 10. The molecule has 3 fully saturated rings. The molecule has 0 saturated carbocycles. The summed E-state index contributed by atoms with van der Waals surface area (Å²) < 4.78 is 17.8. The van der Waals surface area contributed by atoms with Crippen LogP contribution in [0.2, 0.25) is 0 Å². The Kier molecular flexibility index (Phi) is 12.2. The lowest BCUT2D eigenvalue weighted by Gasteiger charge is -2.50. The maximum atomic E-state index is 12.8. The Morgan fingerprint density at radius 3 is 2.43 bits per heavy atom. The Bertz CT molecular complexity index is 1330. The first kappa shape index (κ1) is 38.7. The van der Waals surface area contributed by atoms with Gasteiger partial charge < -0.3 is 55.3 Å². The van der Waals surface area contributed by atoms with Gasteiger partial charge in [0.1, 0.15) is 23.6 Å². The molecule has 1 spiro atoms. The van der Waals surface area contributed by atoms with Crippen molar-refractivity contribution >= 4 is 17.9 Å². The molecule has 0 radical (unpaired) electrons. The second kappa shape index (κ2) is 15.5. The molecule has 15 nitrogen and oxygen atoms in total. The van der Waals surface area contributed by atoms with Crippen LogP contribution in [0.1, 0.15) is 68.4 Å². The summed E-state index contributed by atoms with van der Waals surface area (Å²) in [7, 11) is 0. The number of hydrogen-bond acceptors (Lipinski definition) is 12. The number of ether oxygens (including phenoxy) is 3. The van der Waals surface area contributed by atoms with Crippen molar-refractivity contribution in [3.63, 3.8) is 0 Å². The summed E-state index contributed by atoms with van der Waals surface area (Å²) in [6, 6.07) is 1.89.